The predicted octanol–water partition coefficient (Wildman–Crippen LogP) is 0.701. The molecule has 2 aliphatic heterocycles. The Morgan fingerprint density at radius 1 is 1.19 bits per heavy atom. The first kappa shape index (κ1) is 15.7. The topological polar surface area (TPSA) is 72.9 Å². The van der Waals surface area contributed by atoms with Gasteiger partial charge in [-0.25, -0.2) is 4.79 Å². The van der Waals surface area contributed by atoms with Crippen LogP contribution in [0, 0.1) is 5.41 Å². The van der Waals surface area contributed by atoms with Crippen LogP contribution in [0.25, 0.3) is 0 Å². The Labute approximate surface area is 124 Å². The Balaban J connectivity index is 2.76. The molecule has 2 bridgehead atoms. The maximum absolute atomic E-state index is 12.5. The van der Waals surface area contributed by atoms with Gasteiger partial charge in [0.2, 0.25) is 0 Å². The number of methoxy groups -OCH3 is 2. The van der Waals surface area contributed by atoms with Crippen LogP contribution >= 0.6 is 0 Å². The minimum absolute atomic E-state index is 0.111. The third-order valence-corrected chi connectivity index (χ3v) is 4.99. The van der Waals surface area contributed by atoms with Crippen LogP contribution in [0.3, 0.4) is 0 Å². The monoisotopic (exact) mass is 295 g/mol. The number of nitrogens with zero attached hydrogens (tertiary/aromatic N) is 1. The highest BCUT2D eigenvalue weighted by molar-refractivity contribution is 6.09. The first-order valence-electron chi connectivity index (χ1n) is 6.94. The van der Waals surface area contributed by atoms with Gasteiger partial charge in [-0.2, -0.15) is 0 Å². The van der Waals surface area contributed by atoms with Crippen LogP contribution in [-0.4, -0.2) is 56.0 Å². The maximum Gasteiger partial charge on any atom is 0.335 e. The standard InChI is InChI=1S/C15H21NO5/c1-8-12(13(18)20-4)10-6-7-11(16(10)3)15(8,9(2)17)14(19)21-5/h10-11H,6-7H2,1-5H3/t10-,11+,15-/m1/s1. The molecular formula is C15H21NO5. The third-order valence-electron chi connectivity index (χ3n) is 4.99. The van der Waals surface area contributed by atoms with Gasteiger partial charge in [0.25, 0.3) is 0 Å². The average Bonchev–Trinajstić information content (AvgIpc) is 2.74. The minimum atomic E-state index is -1.42. The molecule has 0 radical (unpaired) electrons. The molecule has 0 aromatic carbocycles. The number of hydrogen-bond donors (Lipinski definition) is 0. The van der Waals surface area contributed by atoms with Crippen LogP contribution in [0.1, 0.15) is 26.7 Å². The first-order chi connectivity index (χ1) is 9.83. The predicted molar refractivity (Wildman–Crippen MR) is 74.4 cm³/mol. The number of ketones is 1. The molecule has 1 saturated heterocycles. The summed E-state index contributed by atoms with van der Waals surface area (Å²) in [6, 6.07) is -0.388. The number of carbonyl (C=O) groups is 3. The molecule has 21 heavy (non-hydrogen) atoms. The van der Waals surface area contributed by atoms with Gasteiger partial charge < -0.3 is 9.47 Å². The molecule has 3 atom stereocenters. The van der Waals surface area contributed by atoms with E-state index in [4.69, 9.17) is 9.47 Å². The number of ether oxygens (including phenoxy) is 2. The van der Waals surface area contributed by atoms with Crippen molar-refractivity contribution in [1.82, 2.24) is 4.90 Å². The molecule has 2 heterocycles. The fraction of sp³-hybridized carbons (Fsp3) is 0.667. The van der Waals surface area contributed by atoms with Crippen LogP contribution in [0.2, 0.25) is 0 Å². The molecule has 0 spiro atoms. The fourth-order valence-electron chi connectivity index (χ4n) is 4.01. The highest BCUT2D eigenvalue weighted by Crippen LogP contribution is 2.50. The number of Topliss-reactive ketones (excluding diaryl/α,β-unsaturated/α-hetero) is 1. The zero-order valence-corrected chi connectivity index (χ0v) is 13.1. The molecule has 6 heteroatoms. The number of fused-ring (bicyclic) bond motifs is 2. The van der Waals surface area contributed by atoms with Gasteiger partial charge >= 0.3 is 11.9 Å². The van der Waals surface area contributed by atoms with Crippen molar-refractivity contribution in [2.24, 2.45) is 5.41 Å². The van der Waals surface area contributed by atoms with E-state index in [1.54, 1.807) is 6.92 Å². The van der Waals surface area contributed by atoms with E-state index in [1.807, 2.05) is 11.9 Å². The number of hydrogen-bond acceptors (Lipinski definition) is 6. The number of rotatable bonds is 3. The first-order valence-corrected chi connectivity index (χ1v) is 6.94. The smallest absolute Gasteiger partial charge is 0.335 e. The molecule has 6 nitrogen and oxygen atoms in total. The lowest BCUT2D eigenvalue weighted by Gasteiger charge is -2.45. The Bertz CT molecular complexity index is 538. The maximum atomic E-state index is 12.5. The normalized spacial score (nSPS) is 32.0. The van der Waals surface area contributed by atoms with Crippen molar-refractivity contribution >= 4 is 17.7 Å². The highest BCUT2D eigenvalue weighted by atomic mass is 16.5. The summed E-state index contributed by atoms with van der Waals surface area (Å²) in [6.45, 7) is 3.05. The van der Waals surface area contributed by atoms with E-state index in [2.05, 4.69) is 0 Å². The molecule has 116 valence electrons. The van der Waals surface area contributed by atoms with Gasteiger partial charge in [0.1, 0.15) is 0 Å². The van der Waals surface area contributed by atoms with Gasteiger partial charge in [0.15, 0.2) is 11.2 Å². The van der Waals surface area contributed by atoms with E-state index in [9.17, 15) is 14.4 Å². The van der Waals surface area contributed by atoms with E-state index >= 15 is 0 Å². The van der Waals surface area contributed by atoms with Crippen LogP contribution < -0.4 is 0 Å². The summed E-state index contributed by atoms with van der Waals surface area (Å²) < 4.78 is 9.77. The second-order valence-corrected chi connectivity index (χ2v) is 5.66. The molecule has 0 saturated carbocycles. The number of likely N-dealkylation sites (N-methyl/N-ethyl adjacent to an activating group) is 1. The molecular weight excluding hydrogens is 274 g/mol. The van der Waals surface area contributed by atoms with Crippen molar-refractivity contribution in [2.75, 3.05) is 21.3 Å². The highest BCUT2D eigenvalue weighted by Gasteiger charge is 2.62. The fourth-order valence-corrected chi connectivity index (χ4v) is 4.01. The van der Waals surface area contributed by atoms with Gasteiger partial charge in [0.05, 0.1) is 19.8 Å². The summed E-state index contributed by atoms with van der Waals surface area (Å²) in [4.78, 5) is 39.0. The molecule has 0 amide bonds. The van der Waals surface area contributed by atoms with Gasteiger partial charge in [-0.3, -0.25) is 14.5 Å². The van der Waals surface area contributed by atoms with Crippen LogP contribution in [-0.2, 0) is 23.9 Å². The molecule has 0 unspecified atom stereocenters. The van der Waals surface area contributed by atoms with E-state index in [0.29, 0.717) is 17.6 Å². The van der Waals surface area contributed by atoms with Crippen LogP contribution in [0.4, 0.5) is 0 Å². The summed E-state index contributed by atoms with van der Waals surface area (Å²) in [5, 5.41) is 0. The van der Waals surface area contributed by atoms with Crippen LogP contribution in [0.5, 0.6) is 0 Å². The van der Waals surface area contributed by atoms with Gasteiger partial charge in [-0.1, -0.05) is 0 Å². The second-order valence-electron chi connectivity index (χ2n) is 5.66. The Hall–Kier alpha value is -1.69. The molecule has 2 aliphatic rings. The van der Waals surface area contributed by atoms with E-state index in [0.717, 1.165) is 6.42 Å². The summed E-state index contributed by atoms with van der Waals surface area (Å²) in [6.07, 6.45) is 1.38. The van der Waals surface area contributed by atoms with E-state index in [1.165, 1.54) is 21.1 Å². The quantitative estimate of drug-likeness (QED) is 0.564. The summed E-state index contributed by atoms with van der Waals surface area (Å²) in [5.41, 5.74) is -0.534. The van der Waals surface area contributed by atoms with E-state index in [-0.39, 0.29) is 17.9 Å². The Morgan fingerprint density at radius 2 is 1.81 bits per heavy atom. The molecule has 2 rings (SSSR count). The zero-order valence-electron chi connectivity index (χ0n) is 13.1. The van der Waals surface area contributed by atoms with Crippen molar-refractivity contribution in [2.45, 2.75) is 38.8 Å². The molecule has 1 fully saturated rings. The van der Waals surface area contributed by atoms with Crippen molar-refractivity contribution in [1.29, 1.82) is 0 Å². The van der Waals surface area contributed by atoms with Gasteiger partial charge in [-0.05, 0) is 39.3 Å². The summed E-state index contributed by atoms with van der Waals surface area (Å²) in [7, 11) is 4.40. The lowest BCUT2D eigenvalue weighted by atomic mass is 9.67. The van der Waals surface area contributed by atoms with Gasteiger partial charge in [0, 0.05) is 12.1 Å². The Morgan fingerprint density at radius 3 is 2.29 bits per heavy atom. The van der Waals surface area contributed by atoms with Crippen molar-refractivity contribution in [3.63, 3.8) is 0 Å². The third kappa shape index (κ3) is 1.85. The van der Waals surface area contributed by atoms with E-state index < -0.39 is 17.4 Å². The lowest BCUT2D eigenvalue weighted by molar-refractivity contribution is -0.159. The molecule has 0 N–H and O–H groups in total. The SMILES string of the molecule is COC(=O)C1=C(C)[C@](C(C)=O)(C(=O)OC)[C@@H]2CC[C@H]1N2C. The average molecular weight is 295 g/mol. The van der Waals surface area contributed by atoms with Crippen molar-refractivity contribution < 1.29 is 23.9 Å². The molecule has 0 aliphatic carbocycles. The number of esters is 2. The second kappa shape index (κ2) is 5.26. The van der Waals surface area contributed by atoms with Gasteiger partial charge in [-0.15, -0.1) is 0 Å². The lowest BCUT2D eigenvalue weighted by Crippen LogP contribution is -2.59. The van der Waals surface area contributed by atoms with Crippen molar-refractivity contribution in [3.8, 4) is 0 Å². The zero-order chi connectivity index (χ0) is 15.9. The Kier molecular flexibility index (Phi) is 3.93. The summed E-state index contributed by atoms with van der Waals surface area (Å²) in [5.74, 6) is -1.39. The molecule has 0 aromatic rings. The van der Waals surface area contributed by atoms with Crippen molar-refractivity contribution in [3.05, 3.63) is 11.1 Å². The summed E-state index contributed by atoms with van der Waals surface area (Å²) >= 11 is 0. The minimum Gasteiger partial charge on any atom is -0.468 e. The van der Waals surface area contributed by atoms with Crippen LogP contribution in [0.15, 0.2) is 11.1 Å². The number of carbonyl (C=O) groups excluding carboxylic acids is 3. The molecule has 0 aromatic heterocycles. The largest absolute Gasteiger partial charge is 0.468 e.